The lowest BCUT2D eigenvalue weighted by Gasteiger charge is -2.16. The molecule has 0 nitrogen and oxygen atoms in total. The number of rotatable bonds is 4. The van der Waals surface area contributed by atoms with Crippen LogP contribution in [0.3, 0.4) is 0 Å². The topological polar surface area (TPSA) is 0 Å². The van der Waals surface area contributed by atoms with Gasteiger partial charge in [0.1, 0.15) is 0 Å². The average molecular weight is 587 g/mol. The molecule has 0 radical (unpaired) electrons. The first kappa shape index (κ1) is 26.9. The van der Waals surface area contributed by atoms with Crippen molar-refractivity contribution in [1.29, 1.82) is 0 Å². The molecule has 9 rings (SSSR count). The van der Waals surface area contributed by atoms with E-state index in [9.17, 15) is 0 Å². The zero-order chi connectivity index (χ0) is 30.8. The van der Waals surface area contributed by atoms with Crippen LogP contribution in [0.2, 0.25) is 0 Å². The molecule has 0 fully saturated rings. The summed E-state index contributed by atoms with van der Waals surface area (Å²) in [5, 5.41) is 0. The van der Waals surface area contributed by atoms with Gasteiger partial charge >= 0.3 is 0 Å². The monoisotopic (exact) mass is 586 g/mol. The Hall–Kier alpha value is -5.46. The van der Waals surface area contributed by atoms with Gasteiger partial charge < -0.3 is 0 Å². The summed E-state index contributed by atoms with van der Waals surface area (Å²) in [5.74, 6) is 0. The van der Waals surface area contributed by atoms with E-state index < -0.39 is 0 Å². The maximum atomic E-state index is 2.41. The van der Waals surface area contributed by atoms with Gasteiger partial charge in [0, 0.05) is 0 Å². The minimum Gasteiger partial charge on any atom is -0.0619 e. The van der Waals surface area contributed by atoms with Gasteiger partial charge in [-0.25, -0.2) is 0 Å². The molecule has 0 saturated carbocycles. The summed E-state index contributed by atoms with van der Waals surface area (Å²) in [6.45, 7) is 4.47. The van der Waals surface area contributed by atoms with E-state index in [2.05, 4.69) is 159 Å². The summed E-state index contributed by atoms with van der Waals surface area (Å²) in [5.41, 5.74) is 24.0. The molecule has 0 saturated heterocycles. The molecular weight excluding hydrogens is 553 g/mol. The van der Waals surface area contributed by atoms with E-state index in [4.69, 9.17) is 0 Å². The smallest absolute Gasteiger partial charge is 0.00132 e. The molecule has 0 N–H and O–H groups in total. The summed E-state index contributed by atoms with van der Waals surface area (Å²) >= 11 is 0. The average Bonchev–Trinajstić information content (AvgIpc) is 3.67. The number of benzene rings is 7. The van der Waals surface area contributed by atoms with Crippen molar-refractivity contribution in [3.05, 3.63) is 179 Å². The Bertz CT molecular complexity index is 2320. The zero-order valence-electron chi connectivity index (χ0n) is 26.3. The molecule has 0 aliphatic heterocycles. The van der Waals surface area contributed by atoms with Crippen molar-refractivity contribution in [3.63, 3.8) is 0 Å². The summed E-state index contributed by atoms with van der Waals surface area (Å²) in [6, 6.07) is 54.5. The summed E-state index contributed by atoms with van der Waals surface area (Å²) < 4.78 is 0. The van der Waals surface area contributed by atoms with Gasteiger partial charge in [-0.3, -0.25) is 0 Å². The van der Waals surface area contributed by atoms with Crippen molar-refractivity contribution in [3.8, 4) is 66.8 Å². The van der Waals surface area contributed by atoms with Crippen LogP contribution in [-0.2, 0) is 12.8 Å². The Balaban J connectivity index is 1.06. The molecule has 0 amide bonds. The van der Waals surface area contributed by atoms with Gasteiger partial charge in [-0.05, 0) is 145 Å². The SMILES string of the molecule is Cc1ccc(-c2ccc(-c3ccc4c(c3)-c3ccccc3C4)cc2)cc1-c1cc(-c2cccc3c2-c2ccccc2C3)ccc1C. The van der Waals surface area contributed by atoms with E-state index in [0.29, 0.717) is 0 Å². The van der Waals surface area contributed by atoms with Gasteiger partial charge in [-0.15, -0.1) is 0 Å². The first-order valence-corrected chi connectivity index (χ1v) is 16.3. The van der Waals surface area contributed by atoms with Gasteiger partial charge in [0.15, 0.2) is 0 Å². The first-order chi connectivity index (χ1) is 22.6. The second kappa shape index (κ2) is 10.6. The molecule has 0 unspecified atom stereocenters. The number of hydrogen-bond acceptors (Lipinski definition) is 0. The third kappa shape index (κ3) is 4.37. The predicted molar refractivity (Wildman–Crippen MR) is 194 cm³/mol. The molecule has 7 aromatic rings. The highest BCUT2D eigenvalue weighted by Crippen LogP contribution is 2.44. The minimum atomic E-state index is 1.01. The first-order valence-electron chi connectivity index (χ1n) is 16.3. The van der Waals surface area contributed by atoms with Gasteiger partial charge in [0.2, 0.25) is 0 Å². The maximum Gasteiger partial charge on any atom is -0.00132 e. The van der Waals surface area contributed by atoms with E-state index in [1.807, 2.05) is 0 Å². The number of aryl methyl sites for hydroxylation is 2. The van der Waals surface area contributed by atoms with Crippen LogP contribution in [0.5, 0.6) is 0 Å². The van der Waals surface area contributed by atoms with Crippen LogP contribution in [0.25, 0.3) is 66.8 Å². The van der Waals surface area contributed by atoms with E-state index in [1.54, 1.807) is 0 Å². The fourth-order valence-electron chi connectivity index (χ4n) is 7.76. The second-order valence-corrected chi connectivity index (χ2v) is 13.0. The summed E-state index contributed by atoms with van der Waals surface area (Å²) in [6.07, 6.45) is 2.04. The number of hydrogen-bond donors (Lipinski definition) is 0. The Kier molecular flexibility index (Phi) is 6.18. The summed E-state index contributed by atoms with van der Waals surface area (Å²) in [4.78, 5) is 0. The molecule has 0 bridgehead atoms. The Morgan fingerprint density at radius 3 is 1.48 bits per heavy atom. The molecular formula is C46H34. The second-order valence-electron chi connectivity index (χ2n) is 13.0. The molecule has 0 atom stereocenters. The van der Waals surface area contributed by atoms with Gasteiger partial charge in [0.25, 0.3) is 0 Å². The van der Waals surface area contributed by atoms with Crippen molar-refractivity contribution < 1.29 is 0 Å². The highest BCUT2D eigenvalue weighted by Gasteiger charge is 2.22. The molecule has 0 aromatic heterocycles. The fourth-order valence-corrected chi connectivity index (χ4v) is 7.76. The quantitative estimate of drug-likeness (QED) is 0.192. The Morgan fingerprint density at radius 2 is 0.761 bits per heavy atom. The molecule has 218 valence electrons. The minimum absolute atomic E-state index is 1.01. The molecule has 46 heavy (non-hydrogen) atoms. The van der Waals surface area contributed by atoms with Gasteiger partial charge in [-0.1, -0.05) is 127 Å². The van der Waals surface area contributed by atoms with Gasteiger partial charge in [-0.2, -0.15) is 0 Å². The molecule has 2 aliphatic rings. The van der Waals surface area contributed by atoms with Crippen molar-refractivity contribution in [1.82, 2.24) is 0 Å². The van der Waals surface area contributed by atoms with E-state index in [1.165, 1.54) is 100 Å². The van der Waals surface area contributed by atoms with Crippen LogP contribution >= 0.6 is 0 Å². The lowest BCUT2D eigenvalue weighted by molar-refractivity contribution is 1.26. The summed E-state index contributed by atoms with van der Waals surface area (Å²) in [7, 11) is 0. The number of fused-ring (bicyclic) bond motifs is 6. The van der Waals surface area contributed by atoms with E-state index in [-0.39, 0.29) is 0 Å². The zero-order valence-corrected chi connectivity index (χ0v) is 26.3. The molecule has 0 heteroatoms. The van der Waals surface area contributed by atoms with Crippen LogP contribution in [-0.4, -0.2) is 0 Å². The van der Waals surface area contributed by atoms with Crippen molar-refractivity contribution in [2.45, 2.75) is 26.7 Å². The lowest BCUT2D eigenvalue weighted by Crippen LogP contribution is -1.92. The van der Waals surface area contributed by atoms with Crippen LogP contribution in [0.15, 0.2) is 146 Å². The van der Waals surface area contributed by atoms with Crippen molar-refractivity contribution in [2.24, 2.45) is 0 Å². The lowest BCUT2D eigenvalue weighted by atomic mass is 9.88. The van der Waals surface area contributed by atoms with Crippen molar-refractivity contribution in [2.75, 3.05) is 0 Å². The highest BCUT2D eigenvalue weighted by atomic mass is 14.3. The Morgan fingerprint density at radius 1 is 0.304 bits per heavy atom. The third-order valence-electron chi connectivity index (χ3n) is 10.2. The molecule has 0 spiro atoms. The van der Waals surface area contributed by atoms with E-state index >= 15 is 0 Å². The van der Waals surface area contributed by atoms with Gasteiger partial charge in [0.05, 0.1) is 0 Å². The van der Waals surface area contributed by atoms with Crippen LogP contribution in [0.4, 0.5) is 0 Å². The largest absolute Gasteiger partial charge is 0.0619 e. The van der Waals surface area contributed by atoms with Crippen LogP contribution < -0.4 is 0 Å². The van der Waals surface area contributed by atoms with Crippen molar-refractivity contribution >= 4 is 0 Å². The predicted octanol–water partition coefficient (Wildman–Crippen LogP) is 12.1. The van der Waals surface area contributed by atoms with Crippen LogP contribution in [0, 0.1) is 13.8 Å². The Labute approximate surface area is 271 Å². The third-order valence-corrected chi connectivity index (χ3v) is 10.2. The van der Waals surface area contributed by atoms with Crippen LogP contribution in [0.1, 0.15) is 33.4 Å². The molecule has 2 aliphatic carbocycles. The van der Waals surface area contributed by atoms with E-state index in [0.717, 1.165) is 12.8 Å². The fraction of sp³-hybridized carbons (Fsp3) is 0.0870. The standard InChI is InChI=1S/C46H34/c1-29-14-16-33(31-18-20-32(21-19-31)34-22-23-37-24-35-8-3-5-11-40(35)45(37)27-34)26-43(29)44-28-38(17-15-30(44)2)42-13-7-10-39-25-36-9-4-6-12-41(36)46(39)42/h3-23,26-28H,24-25H2,1-2H3. The normalized spacial score (nSPS) is 12.4. The molecule has 7 aromatic carbocycles. The maximum absolute atomic E-state index is 2.41. The molecule has 0 heterocycles. The highest BCUT2D eigenvalue weighted by molar-refractivity contribution is 5.92.